The maximum absolute atomic E-state index is 10.7. The van der Waals surface area contributed by atoms with Gasteiger partial charge in [0, 0.05) is 0 Å². The average molecular weight is 637 g/mol. The van der Waals surface area contributed by atoms with E-state index in [1.165, 1.54) is 148 Å². The summed E-state index contributed by atoms with van der Waals surface area (Å²) in [6, 6.07) is 0. The van der Waals surface area contributed by atoms with E-state index in [9.17, 15) is 15.3 Å². The number of allylic oxidation sites excluding steroid dienone is 2. The van der Waals surface area contributed by atoms with Crippen LogP contribution in [0, 0.1) is 11.3 Å². The molecule has 0 aromatic rings. The van der Waals surface area contributed by atoms with Crippen molar-refractivity contribution in [2.45, 2.75) is 246 Å². The molecule has 270 valence electrons. The van der Waals surface area contributed by atoms with Gasteiger partial charge >= 0.3 is 0 Å². The van der Waals surface area contributed by atoms with Crippen molar-refractivity contribution in [2.75, 3.05) is 0 Å². The van der Waals surface area contributed by atoms with Crippen molar-refractivity contribution < 1.29 is 15.3 Å². The molecule has 0 saturated heterocycles. The van der Waals surface area contributed by atoms with E-state index >= 15 is 0 Å². The van der Waals surface area contributed by atoms with Crippen molar-refractivity contribution in [1.29, 1.82) is 0 Å². The lowest BCUT2D eigenvalue weighted by molar-refractivity contribution is -0.380. The summed E-state index contributed by atoms with van der Waals surface area (Å²) in [6.07, 6.45) is 44.7. The third kappa shape index (κ3) is 28.4. The molecule has 45 heavy (non-hydrogen) atoms. The van der Waals surface area contributed by atoms with Crippen LogP contribution in [0.25, 0.3) is 0 Å². The molecule has 3 heteroatoms. The highest BCUT2D eigenvalue weighted by Gasteiger charge is 2.47. The van der Waals surface area contributed by atoms with Crippen molar-refractivity contribution >= 4 is 0 Å². The van der Waals surface area contributed by atoms with Crippen molar-refractivity contribution in [3.05, 3.63) is 12.2 Å². The molecule has 0 aromatic heterocycles. The van der Waals surface area contributed by atoms with Crippen LogP contribution in [0.1, 0.15) is 240 Å². The lowest BCUT2D eigenvalue weighted by Crippen LogP contribution is -2.48. The van der Waals surface area contributed by atoms with Crippen LogP contribution < -0.4 is 0 Å². The number of hydrogen-bond donors (Lipinski definition) is 3. The summed E-state index contributed by atoms with van der Waals surface area (Å²) in [7, 11) is 0. The third-order valence-corrected chi connectivity index (χ3v) is 10.3. The molecule has 0 rings (SSSR count). The molecule has 0 amide bonds. The van der Waals surface area contributed by atoms with Crippen LogP contribution in [0.3, 0.4) is 0 Å². The van der Waals surface area contributed by atoms with E-state index in [1.807, 2.05) is 0 Å². The first-order valence-corrected chi connectivity index (χ1v) is 20.6. The molecule has 0 bridgehead atoms. The normalized spacial score (nSPS) is 13.8. The molecule has 0 fully saturated rings. The number of rotatable bonds is 36. The van der Waals surface area contributed by atoms with E-state index in [0.29, 0.717) is 0 Å². The zero-order chi connectivity index (χ0) is 33.3. The molecule has 0 aliphatic rings. The van der Waals surface area contributed by atoms with Gasteiger partial charge in [0.2, 0.25) is 0 Å². The highest BCUT2D eigenvalue weighted by Crippen LogP contribution is 2.44. The summed E-state index contributed by atoms with van der Waals surface area (Å²) in [5.41, 5.74) is -0.787. The van der Waals surface area contributed by atoms with E-state index in [4.69, 9.17) is 0 Å². The molecule has 0 aliphatic heterocycles. The second kappa shape index (κ2) is 32.2. The van der Waals surface area contributed by atoms with Gasteiger partial charge in [0.25, 0.3) is 5.97 Å². The zero-order valence-corrected chi connectivity index (χ0v) is 31.4. The Labute approximate surface area is 283 Å². The van der Waals surface area contributed by atoms with E-state index in [1.54, 1.807) is 0 Å². The van der Waals surface area contributed by atoms with Gasteiger partial charge in [-0.15, -0.1) is 0 Å². The van der Waals surface area contributed by atoms with E-state index < -0.39 is 11.4 Å². The van der Waals surface area contributed by atoms with Crippen LogP contribution in [-0.4, -0.2) is 21.3 Å². The van der Waals surface area contributed by atoms with Gasteiger partial charge in [-0.05, 0) is 50.9 Å². The van der Waals surface area contributed by atoms with Gasteiger partial charge in [0.05, 0.1) is 5.41 Å². The van der Waals surface area contributed by atoms with Gasteiger partial charge in [-0.25, -0.2) is 0 Å². The Balaban J connectivity index is 4.41. The fourth-order valence-electron chi connectivity index (χ4n) is 7.09. The lowest BCUT2D eigenvalue weighted by Gasteiger charge is -2.41. The fraction of sp³-hybridized carbons (Fsp3) is 0.952. The van der Waals surface area contributed by atoms with Gasteiger partial charge < -0.3 is 15.3 Å². The minimum absolute atomic E-state index is 0.719. The first-order valence-electron chi connectivity index (χ1n) is 20.6. The third-order valence-electron chi connectivity index (χ3n) is 10.3. The molecule has 3 nitrogen and oxygen atoms in total. The van der Waals surface area contributed by atoms with Gasteiger partial charge in [0.1, 0.15) is 0 Å². The van der Waals surface area contributed by atoms with Crippen molar-refractivity contribution in [3.63, 3.8) is 0 Å². The van der Waals surface area contributed by atoms with E-state index in [2.05, 4.69) is 39.8 Å². The molecule has 1 atom stereocenters. The van der Waals surface area contributed by atoms with Gasteiger partial charge in [-0.1, -0.05) is 207 Å². The van der Waals surface area contributed by atoms with Crippen molar-refractivity contribution in [3.8, 4) is 0 Å². The molecule has 0 radical (unpaired) electrons. The smallest absolute Gasteiger partial charge is 0.281 e. The minimum Gasteiger partial charge on any atom is -0.343 e. The van der Waals surface area contributed by atoms with E-state index in [0.717, 1.165) is 70.1 Å². The summed E-state index contributed by atoms with van der Waals surface area (Å²) < 4.78 is 0. The molecule has 0 aromatic carbocycles. The van der Waals surface area contributed by atoms with Crippen molar-refractivity contribution in [1.82, 2.24) is 0 Å². The Hall–Kier alpha value is -0.380. The molecule has 0 spiro atoms. The Morgan fingerprint density at radius 3 is 1.00 bits per heavy atom. The molecule has 3 N–H and O–H groups in total. The SMILES string of the molecule is CCCCCCCC/C=C\CCCCCCC(CCCCCCCC)(CCCCCCCCCCCCCC(C)C)C(O)(O)O. The van der Waals surface area contributed by atoms with Crippen LogP contribution >= 0.6 is 0 Å². The summed E-state index contributed by atoms with van der Waals surface area (Å²) in [4.78, 5) is 0. The van der Waals surface area contributed by atoms with Crippen LogP contribution in [0.2, 0.25) is 0 Å². The number of hydrogen-bond acceptors (Lipinski definition) is 3. The minimum atomic E-state index is -2.58. The Kier molecular flexibility index (Phi) is 31.9. The predicted octanol–water partition coefficient (Wildman–Crippen LogP) is 13.7. The number of aliphatic hydroxyl groups is 3. The molecule has 0 heterocycles. The van der Waals surface area contributed by atoms with E-state index in [-0.39, 0.29) is 0 Å². The van der Waals surface area contributed by atoms with Crippen molar-refractivity contribution in [2.24, 2.45) is 11.3 Å². The second-order valence-corrected chi connectivity index (χ2v) is 15.2. The molecular weight excluding hydrogens is 552 g/mol. The summed E-state index contributed by atoms with van der Waals surface area (Å²) in [5, 5.41) is 32.0. The average Bonchev–Trinajstić information content (AvgIpc) is 3.00. The lowest BCUT2D eigenvalue weighted by atomic mass is 9.71. The fourth-order valence-corrected chi connectivity index (χ4v) is 7.09. The summed E-state index contributed by atoms with van der Waals surface area (Å²) in [6.45, 7) is 9.16. The standard InChI is InChI=1S/C42H84O3/c1-5-7-9-11-13-14-15-16-17-20-23-26-30-34-38-41(42(43,44)45,37-33-29-12-10-8-6-2)39-35-31-27-24-21-18-19-22-25-28-32-36-40(3)4/h16-17,40,43-45H,5-15,18-39H2,1-4H3/b17-16-. The van der Waals surface area contributed by atoms with Crippen LogP contribution in [0.5, 0.6) is 0 Å². The molecule has 1 unspecified atom stereocenters. The Morgan fingerprint density at radius 1 is 0.400 bits per heavy atom. The Morgan fingerprint density at radius 2 is 0.689 bits per heavy atom. The highest BCUT2D eigenvalue weighted by atomic mass is 16.7. The molecular formula is C42H84O3. The molecule has 0 aliphatic carbocycles. The predicted molar refractivity (Wildman–Crippen MR) is 200 cm³/mol. The first-order chi connectivity index (χ1) is 21.8. The largest absolute Gasteiger partial charge is 0.343 e. The Bertz CT molecular complexity index is 608. The summed E-state index contributed by atoms with van der Waals surface area (Å²) in [5.74, 6) is -1.73. The van der Waals surface area contributed by atoms with Crippen LogP contribution in [0.4, 0.5) is 0 Å². The topological polar surface area (TPSA) is 60.7 Å². The number of unbranched alkanes of at least 4 members (excludes halogenated alkanes) is 25. The van der Waals surface area contributed by atoms with Crippen LogP contribution in [-0.2, 0) is 0 Å². The van der Waals surface area contributed by atoms with Crippen LogP contribution in [0.15, 0.2) is 12.2 Å². The maximum atomic E-state index is 10.7. The quantitative estimate of drug-likeness (QED) is 0.0364. The molecule has 0 saturated carbocycles. The van der Waals surface area contributed by atoms with Gasteiger partial charge in [-0.2, -0.15) is 0 Å². The summed E-state index contributed by atoms with van der Waals surface area (Å²) >= 11 is 0. The zero-order valence-electron chi connectivity index (χ0n) is 31.4. The maximum Gasteiger partial charge on any atom is 0.281 e. The first kappa shape index (κ1) is 44.6. The monoisotopic (exact) mass is 637 g/mol. The highest BCUT2D eigenvalue weighted by molar-refractivity contribution is 4.86. The van der Waals surface area contributed by atoms with Gasteiger partial charge in [0.15, 0.2) is 0 Å². The van der Waals surface area contributed by atoms with Gasteiger partial charge in [-0.3, -0.25) is 0 Å². The second-order valence-electron chi connectivity index (χ2n) is 15.2.